The first kappa shape index (κ1) is 14.2. The number of amidine groups is 1. The number of carboxylic acids is 1. The molecule has 0 aromatic carbocycles. The monoisotopic (exact) mass is 233 g/mol. The van der Waals surface area contributed by atoms with E-state index < -0.39 is 12.0 Å². The lowest BCUT2D eigenvalue weighted by Crippen LogP contribution is -2.42. The van der Waals surface area contributed by atoms with Gasteiger partial charge < -0.3 is 16.2 Å². The van der Waals surface area contributed by atoms with Crippen molar-refractivity contribution in [3.63, 3.8) is 0 Å². The summed E-state index contributed by atoms with van der Waals surface area (Å²) in [6.45, 7) is 4.20. The van der Waals surface area contributed by atoms with E-state index in [1.54, 1.807) is 6.92 Å². The Hall–Kier alpha value is -0.750. The fourth-order valence-corrected chi connectivity index (χ4v) is 1.36. The van der Waals surface area contributed by atoms with Gasteiger partial charge in [0.05, 0.1) is 11.9 Å². The summed E-state index contributed by atoms with van der Waals surface area (Å²) >= 11 is 3.95. The molecule has 0 amide bonds. The van der Waals surface area contributed by atoms with E-state index in [0.29, 0.717) is 12.4 Å². The fraction of sp³-hybridized carbons (Fsp3) is 0.778. The van der Waals surface area contributed by atoms with E-state index in [-0.39, 0.29) is 11.8 Å². The van der Waals surface area contributed by atoms with E-state index in [4.69, 9.17) is 10.8 Å². The molecule has 5 nitrogen and oxygen atoms in total. The largest absolute Gasteiger partial charge is 0.480 e. The summed E-state index contributed by atoms with van der Waals surface area (Å²) in [7, 11) is 0. The smallest absolute Gasteiger partial charge is 0.321 e. The van der Waals surface area contributed by atoms with Gasteiger partial charge in [-0.15, -0.1) is 0 Å². The molecule has 0 aromatic heterocycles. The normalized spacial score (nSPS) is 16.1. The van der Waals surface area contributed by atoms with E-state index in [0.717, 1.165) is 6.42 Å². The zero-order valence-corrected chi connectivity index (χ0v) is 10.00. The van der Waals surface area contributed by atoms with Gasteiger partial charge in [-0.3, -0.25) is 9.79 Å². The number of carbonyl (C=O) groups is 1. The first-order chi connectivity index (χ1) is 7.01. The van der Waals surface area contributed by atoms with Crippen molar-refractivity contribution in [3.05, 3.63) is 0 Å². The molecular formula is C9H19N3O2S. The summed E-state index contributed by atoms with van der Waals surface area (Å²) in [6.07, 6.45) is 0.820. The zero-order valence-electron chi connectivity index (χ0n) is 9.10. The summed E-state index contributed by atoms with van der Waals surface area (Å²) in [5, 5.41) is 11.7. The number of aliphatic carboxylic acids is 1. The van der Waals surface area contributed by atoms with Crippen molar-refractivity contribution in [2.75, 3.05) is 12.3 Å². The Morgan fingerprint density at radius 1 is 1.67 bits per heavy atom. The highest BCUT2D eigenvalue weighted by Gasteiger charge is 2.16. The van der Waals surface area contributed by atoms with Crippen molar-refractivity contribution in [1.82, 2.24) is 5.32 Å². The predicted octanol–water partition coefficient (Wildman–Crippen LogP) is 0.115. The molecule has 4 N–H and O–H groups in total. The van der Waals surface area contributed by atoms with Crippen LogP contribution in [0.15, 0.2) is 4.99 Å². The van der Waals surface area contributed by atoms with Crippen LogP contribution < -0.4 is 11.1 Å². The topological polar surface area (TPSA) is 87.7 Å². The average molecular weight is 233 g/mol. The van der Waals surface area contributed by atoms with E-state index in [9.17, 15) is 4.79 Å². The summed E-state index contributed by atoms with van der Waals surface area (Å²) in [5.41, 5.74) is 5.46. The maximum Gasteiger partial charge on any atom is 0.321 e. The Bertz CT molecular complexity index is 229. The zero-order chi connectivity index (χ0) is 11.8. The van der Waals surface area contributed by atoms with Gasteiger partial charge in [-0.25, -0.2) is 0 Å². The lowest BCUT2D eigenvalue weighted by molar-refractivity contribution is -0.138. The van der Waals surface area contributed by atoms with Crippen molar-refractivity contribution >= 4 is 24.4 Å². The lowest BCUT2D eigenvalue weighted by atomic mass is 10.2. The molecule has 0 aliphatic heterocycles. The number of thiol groups is 1. The number of hydrogen-bond donors (Lipinski definition) is 4. The molecule has 0 saturated carbocycles. The summed E-state index contributed by atoms with van der Waals surface area (Å²) in [4.78, 5) is 14.9. The Kier molecular flexibility index (Phi) is 7.15. The van der Waals surface area contributed by atoms with Crippen LogP contribution in [0.3, 0.4) is 0 Å². The molecule has 0 radical (unpaired) electrons. The van der Waals surface area contributed by atoms with Crippen LogP contribution >= 0.6 is 12.6 Å². The van der Waals surface area contributed by atoms with Gasteiger partial charge >= 0.3 is 5.97 Å². The van der Waals surface area contributed by atoms with Crippen molar-refractivity contribution in [2.24, 2.45) is 10.7 Å². The highest BCUT2D eigenvalue weighted by molar-refractivity contribution is 7.80. The Morgan fingerprint density at radius 3 is 2.60 bits per heavy atom. The van der Waals surface area contributed by atoms with Crippen molar-refractivity contribution in [2.45, 2.75) is 32.4 Å². The molecule has 6 heteroatoms. The minimum atomic E-state index is -0.895. The highest BCUT2D eigenvalue weighted by atomic mass is 32.1. The molecule has 0 saturated heterocycles. The number of nitrogens with two attached hydrogens (primary N) is 1. The molecule has 0 bridgehead atoms. The molecule has 0 unspecified atom stereocenters. The number of rotatable bonds is 7. The molecular weight excluding hydrogens is 214 g/mol. The van der Waals surface area contributed by atoms with Crippen molar-refractivity contribution in [1.29, 1.82) is 0 Å². The van der Waals surface area contributed by atoms with E-state index in [2.05, 4.69) is 22.9 Å². The van der Waals surface area contributed by atoms with Crippen LogP contribution in [0.2, 0.25) is 0 Å². The summed E-state index contributed by atoms with van der Waals surface area (Å²) in [6, 6.07) is -0.604. The first-order valence-corrected chi connectivity index (χ1v) is 5.51. The molecule has 0 aromatic rings. The maximum atomic E-state index is 10.7. The van der Waals surface area contributed by atoms with Crippen LogP contribution in [0.4, 0.5) is 0 Å². The first-order valence-electron chi connectivity index (χ1n) is 4.88. The van der Waals surface area contributed by atoms with Gasteiger partial charge in [0.25, 0.3) is 0 Å². The van der Waals surface area contributed by atoms with Gasteiger partial charge in [0, 0.05) is 12.3 Å². The molecule has 0 aliphatic carbocycles. The summed E-state index contributed by atoms with van der Waals surface area (Å²) in [5.74, 6) is -0.119. The maximum absolute atomic E-state index is 10.7. The third-order valence-corrected chi connectivity index (χ3v) is 2.30. The van der Waals surface area contributed by atoms with Gasteiger partial charge in [0.1, 0.15) is 6.04 Å². The second kappa shape index (κ2) is 7.53. The average Bonchev–Trinajstić information content (AvgIpc) is 2.15. The van der Waals surface area contributed by atoms with Gasteiger partial charge in [0.2, 0.25) is 0 Å². The molecule has 0 aliphatic rings. The van der Waals surface area contributed by atoms with Crippen LogP contribution in [-0.4, -0.2) is 41.3 Å². The van der Waals surface area contributed by atoms with Gasteiger partial charge in [-0.05, 0) is 13.3 Å². The molecule has 0 heterocycles. The molecule has 88 valence electrons. The summed E-state index contributed by atoms with van der Waals surface area (Å²) < 4.78 is 0. The number of nitrogens with zero attached hydrogens (tertiary/aromatic N) is 1. The van der Waals surface area contributed by atoms with Crippen LogP contribution in [-0.2, 0) is 4.79 Å². The van der Waals surface area contributed by atoms with Gasteiger partial charge in [-0.1, -0.05) is 6.92 Å². The Morgan fingerprint density at radius 2 is 2.27 bits per heavy atom. The predicted molar refractivity (Wildman–Crippen MR) is 64.7 cm³/mol. The second-order valence-electron chi connectivity index (χ2n) is 3.31. The third-order valence-electron chi connectivity index (χ3n) is 1.94. The standard InChI is InChI=1S/C9H19N3O2S/c1-3-7(12-6(2)10)4-11-8(5-15)9(13)14/h7-8,11,15H,3-5H2,1-2H3,(H2,10,12)(H,13,14)/t7-,8-/m1/s1. The van der Waals surface area contributed by atoms with Crippen LogP contribution in [0, 0.1) is 0 Å². The number of aliphatic imine (C=N–C) groups is 1. The SMILES string of the molecule is CC[C@H](CN[C@H](CS)C(=O)O)N=C(C)N. The molecule has 2 atom stereocenters. The minimum absolute atomic E-state index is 0.0248. The van der Waals surface area contributed by atoms with Crippen LogP contribution in [0.1, 0.15) is 20.3 Å². The number of carboxylic acid groups (broad SMARTS) is 1. The Balaban J connectivity index is 4.09. The van der Waals surface area contributed by atoms with E-state index >= 15 is 0 Å². The van der Waals surface area contributed by atoms with E-state index in [1.807, 2.05) is 6.92 Å². The van der Waals surface area contributed by atoms with Crippen molar-refractivity contribution < 1.29 is 9.90 Å². The van der Waals surface area contributed by atoms with Gasteiger partial charge in [0.15, 0.2) is 0 Å². The van der Waals surface area contributed by atoms with E-state index in [1.165, 1.54) is 0 Å². The molecule has 0 rings (SSSR count). The second-order valence-corrected chi connectivity index (χ2v) is 3.68. The van der Waals surface area contributed by atoms with Crippen LogP contribution in [0.5, 0.6) is 0 Å². The number of hydrogen-bond acceptors (Lipinski definition) is 4. The quantitative estimate of drug-likeness (QED) is 0.286. The molecule has 15 heavy (non-hydrogen) atoms. The highest BCUT2D eigenvalue weighted by Crippen LogP contribution is 1.97. The molecule has 0 spiro atoms. The number of nitrogens with one attached hydrogen (secondary N) is 1. The van der Waals surface area contributed by atoms with Gasteiger partial charge in [-0.2, -0.15) is 12.6 Å². The fourth-order valence-electron chi connectivity index (χ4n) is 1.08. The molecule has 0 fully saturated rings. The lowest BCUT2D eigenvalue weighted by Gasteiger charge is -2.15. The van der Waals surface area contributed by atoms with Crippen LogP contribution in [0.25, 0.3) is 0 Å². The third kappa shape index (κ3) is 6.35. The Labute approximate surface area is 95.6 Å². The van der Waals surface area contributed by atoms with Crippen molar-refractivity contribution in [3.8, 4) is 0 Å². The minimum Gasteiger partial charge on any atom is -0.480 e.